The van der Waals surface area contributed by atoms with Crippen molar-refractivity contribution in [1.82, 2.24) is 5.43 Å². The van der Waals surface area contributed by atoms with Gasteiger partial charge in [-0.1, -0.05) is 55.5 Å². The van der Waals surface area contributed by atoms with Crippen LogP contribution in [0.4, 0.5) is 5.69 Å². The maximum absolute atomic E-state index is 13.6. The SMILES string of the molecule is C=CCOc1ccc(/C=N\NC(=O)CN(c2ccccc2CC)S(=O)(=O)c2ccc(C)cc2)cc1OC. The molecule has 1 amide bonds. The molecule has 3 rings (SSSR count). The second-order valence-corrected chi connectivity index (χ2v) is 9.97. The number of hydrazone groups is 1. The topological polar surface area (TPSA) is 97.3 Å². The van der Waals surface area contributed by atoms with Gasteiger partial charge in [0.2, 0.25) is 0 Å². The molecule has 8 nitrogen and oxygen atoms in total. The Morgan fingerprint density at radius 2 is 1.81 bits per heavy atom. The van der Waals surface area contributed by atoms with Gasteiger partial charge in [0.25, 0.3) is 15.9 Å². The summed E-state index contributed by atoms with van der Waals surface area (Å²) in [6.07, 6.45) is 3.67. The predicted octanol–water partition coefficient (Wildman–Crippen LogP) is 4.48. The van der Waals surface area contributed by atoms with E-state index in [2.05, 4.69) is 17.1 Å². The summed E-state index contributed by atoms with van der Waals surface area (Å²) in [7, 11) is -2.49. The number of aryl methyl sites for hydroxylation is 2. The summed E-state index contributed by atoms with van der Waals surface area (Å²) >= 11 is 0. The zero-order valence-electron chi connectivity index (χ0n) is 21.2. The molecule has 0 spiro atoms. The largest absolute Gasteiger partial charge is 0.493 e. The second-order valence-electron chi connectivity index (χ2n) is 8.11. The van der Waals surface area contributed by atoms with Gasteiger partial charge < -0.3 is 9.47 Å². The van der Waals surface area contributed by atoms with Gasteiger partial charge in [-0.3, -0.25) is 9.10 Å². The number of anilines is 1. The van der Waals surface area contributed by atoms with E-state index >= 15 is 0 Å². The minimum absolute atomic E-state index is 0.103. The summed E-state index contributed by atoms with van der Waals surface area (Å²) in [4.78, 5) is 13.0. The van der Waals surface area contributed by atoms with Crippen molar-refractivity contribution in [3.8, 4) is 11.5 Å². The van der Waals surface area contributed by atoms with Crippen LogP contribution in [0.3, 0.4) is 0 Å². The molecule has 0 radical (unpaired) electrons. The fraction of sp³-hybridized carbons (Fsp3) is 0.214. The van der Waals surface area contributed by atoms with Gasteiger partial charge in [-0.05, 0) is 60.9 Å². The van der Waals surface area contributed by atoms with Crippen LogP contribution in [0.25, 0.3) is 0 Å². The minimum Gasteiger partial charge on any atom is -0.493 e. The lowest BCUT2D eigenvalue weighted by Crippen LogP contribution is -2.40. The molecular weight excluding hydrogens is 490 g/mol. The van der Waals surface area contributed by atoms with Gasteiger partial charge in [0, 0.05) is 0 Å². The molecule has 3 aromatic rings. The number of nitrogens with one attached hydrogen (secondary N) is 1. The molecule has 0 saturated carbocycles. The fourth-order valence-electron chi connectivity index (χ4n) is 3.57. The maximum Gasteiger partial charge on any atom is 0.264 e. The van der Waals surface area contributed by atoms with Crippen LogP contribution in [0.5, 0.6) is 11.5 Å². The summed E-state index contributed by atoms with van der Waals surface area (Å²) in [5, 5.41) is 4.01. The van der Waals surface area contributed by atoms with Crippen LogP contribution in [0.1, 0.15) is 23.6 Å². The van der Waals surface area contributed by atoms with Crippen molar-refractivity contribution >= 4 is 27.8 Å². The molecular formula is C28H31N3O5S. The highest BCUT2D eigenvalue weighted by atomic mass is 32.2. The molecule has 1 N–H and O–H groups in total. The molecule has 37 heavy (non-hydrogen) atoms. The number of hydrogen-bond acceptors (Lipinski definition) is 6. The van der Waals surface area contributed by atoms with Crippen molar-refractivity contribution in [1.29, 1.82) is 0 Å². The molecule has 0 aromatic heterocycles. The average Bonchev–Trinajstić information content (AvgIpc) is 2.91. The van der Waals surface area contributed by atoms with Gasteiger partial charge in [0.05, 0.1) is 23.9 Å². The van der Waals surface area contributed by atoms with E-state index in [0.717, 1.165) is 15.4 Å². The molecule has 0 saturated heterocycles. The Bertz CT molecular complexity index is 1370. The molecule has 0 bridgehead atoms. The molecule has 194 valence electrons. The second kappa shape index (κ2) is 12.7. The normalized spacial score (nSPS) is 11.2. The first-order valence-electron chi connectivity index (χ1n) is 11.7. The highest BCUT2D eigenvalue weighted by Crippen LogP contribution is 2.28. The zero-order valence-corrected chi connectivity index (χ0v) is 22.0. The molecule has 0 aliphatic rings. The third-order valence-electron chi connectivity index (χ3n) is 5.48. The van der Waals surface area contributed by atoms with E-state index in [4.69, 9.17) is 9.47 Å². The Morgan fingerprint density at radius 3 is 2.49 bits per heavy atom. The van der Waals surface area contributed by atoms with E-state index in [1.54, 1.807) is 48.5 Å². The van der Waals surface area contributed by atoms with Gasteiger partial charge in [-0.25, -0.2) is 13.8 Å². The lowest BCUT2D eigenvalue weighted by molar-refractivity contribution is -0.119. The van der Waals surface area contributed by atoms with E-state index < -0.39 is 22.5 Å². The van der Waals surface area contributed by atoms with Crippen LogP contribution in [0, 0.1) is 6.92 Å². The Hall–Kier alpha value is -4.11. The average molecular weight is 522 g/mol. The van der Waals surface area contributed by atoms with Gasteiger partial charge >= 0.3 is 0 Å². The number of benzene rings is 3. The summed E-state index contributed by atoms with van der Waals surface area (Å²) in [5.74, 6) is 0.467. The first kappa shape index (κ1) is 27.5. The first-order valence-corrected chi connectivity index (χ1v) is 13.1. The van der Waals surface area contributed by atoms with E-state index in [1.807, 2.05) is 26.0 Å². The summed E-state index contributed by atoms with van der Waals surface area (Å²) in [6, 6.07) is 18.8. The number of methoxy groups -OCH3 is 1. The molecule has 0 fully saturated rings. The van der Waals surface area contributed by atoms with Crippen LogP contribution in [-0.2, 0) is 21.2 Å². The van der Waals surface area contributed by atoms with Crippen LogP contribution in [0.2, 0.25) is 0 Å². The summed E-state index contributed by atoms with van der Waals surface area (Å²) in [5.41, 5.74) is 5.27. The fourth-order valence-corrected chi connectivity index (χ4v) is 5.03. The Morgan fingerprint density at radius 1 is 1.08 bits per heavy atom. The number of ether oxygens (including phenoxy) is 2. The summed E-state index contributed by atoms with van der Waals surface area (Å²) < 4.78 is 39.2. The number of sulfonamides is 1. The number of hydrogen-bond donors (Lipinski definition) is 1. The van der Waals surface area contributed by atoms with Crippen LogP contribution in [-0.4, -0.2) is 40.8 Å². The maximum atomic E-state index is 13.6. The Labute approximate surface area is 218 Å². The Kier molecular flexibility index (Phi) is 9.45. The monoisotopic (exact) mass is 521 g/mol. The van der Waals surface area contributed by atoms with Gasteiger partial charge in [0.1, 0.15) is 13.2 Å². The number of amides is 1. The number of carbonyl (C=O) groups is 1. The predicted molar refractivity (Wildman–Crippen MR) is 146 cm³/mol. The number of nitrogens with zero attached hydrogens (tertiary/aromatic N) is 2. The van der Waals surface area contributed by atoms with Crippen LogP contribution in [0.15, 0.2) is 89.4 Å². The van der Waals surface area contributed by atoms with E-state index in [1.165, 1.54) is 25.5 Å². The van der Waals surface area contributed by atoms with Crippen LogP contribution < -0.4 is 19.2 Å². The van der Waals surface area contributed by atoms with E-state index in [-0.39, 0.29) is 4.90 Å². The van der Waals surface area contributed by atoms with E-state index in [0.29, 0.717) is 35.8 Å². The minimum atomic E-state index is -4.01. The molecule has 9 heteroatoms. The highest BCUT2D eigenvalue weighted by molar-refractivity contribution is 7.92. The molecule has 0 aliphatic carbocycles. The van der Waals surface area contributed by atoms with Crippen molar-refractivity contribution < 1.29 is 22.7 Å². The third kappa shape index (κ3) is 6.98. The van der Waals surface area contributed by atoms with Crippen molar-refractivity contribution in [2.75, 3.05) is 24.6 Å². The van der Waals surface area contributed by atoms with Gasteiger partial charge in [-0.2, -0.15) is 5.10 Å². The van der Waals surface area contributed by atoms with Crippen molar-refractivity contribution in [3.05, 3.63) is 96.1 Å². The third-order valence-corrected chi connectivity index (χ3v) is 7.26. The van der Waals surface area contributed by atoms with Crippen molar-refractivity contribution in [2.45, 2.75) is 25.2 Å². The highest BCUT2D eigenvalue weighted by Gasteiger charge is 2.28. The van der Waals surface area contributed by atoms with Crippen molar-refractivity contribution in [2.24, 2.45) is 5.10 Å². The number of rotatable bonds is 12. The molecule has 3 aromatic carbocycles. The smallest absolute Gasteiger partial charge is 0.264 e. The molecule has 0 unspecified atom stereocenters. The molecule has 0 aliphatic heterocycles. The zero-order chi connectivity index (χ0) is 26.8. The Balaban J connectivity index is 1.82. The van der Waals surface area contributed by atoms with Gasteiger partial charge in [-0.15, -0.1) is 0 Å². The van der Waals surface area contributed by atoms with Gasteiger partial charge in [0.15, 0.2) is 11.5 Å². The molecule has 0 heterocycles. The summed E-state index contributed by atoms with van der Waals surface area (Å²) in [6.45, 7) is 7.33. The van der Waals surface area contributed by atoms with Crippen molar-refractivity contribution in [3.63, 3.8) is 0 Å². The lowest BCUT2D eigenvalue weighted by Gasteiger charge is -2.25. The van der Waals surface area contributed by atoms with Crippen LogP contribution >= 0.6 is 0 Å². The quantitative estimate of drug-likeness (QED) is 0.215. The first-order chi connectivity index (χ1) is 17.8. The van der Waals surface area contributed by atoms with E-state index in [9.17, 15) is 13.2 Å². The number of carbonyl (C=O) groups excluding carboxylic acids is 1. The lowest BCUT2D eigenvalue weighted by atomic mass is 10.1. The number of para-hydroxylation sites is 1. The molecule has 0 atom stereocenters. The standard InChI is InChI=1S/C28H31N3O5S/c1-5-17-36-26-16-13-22(18-27(26)35-4)19-29-30-28(32)20-31(25-10-8-7-9-23(25)6-2)37(33,34)24-14-11-21(3)12-15-24/h5,7-16,18-19H,1,6,17,20H2,2-4H3,(H,30,32)/b29-19-.